The van der Waals surface area contributed by atoms with E-state index in [0.29, 0.717) is 5.41 Å². The molecule has 1 aliphatic carbocycles. The summed E-state index contributed by atoms with van der Waals surface area (Å²) in [6.07, 6.45) is 9.60. The summed E-state index contributed by atoms with van der Waals surface area (Å²) >= 11 is 0. The molecule has 2 rings (SSSR count). The highest BCUT2D eigenvalue weighted by molar-refractivity contribution is 5.66. The second kappa shape index (κ2) is 4.65. The first kappa shape index (κ1) is 12.4. The number of nitrogens with zero attached hydrogens (tertiary/aromatic N) is 2. The quantitative estimate of drug-likeness (QED) is 0.872. The van der Waals surface area contributed by atoms with Crippen LogP contribution in [-0.2, 0) is 6.54 Å². The molecule has 0 radical (unpaired) electrons. The van der Waals surface area contributed by atoms with Crippen LogP contribution in [0.4, 0.5) is 0 Å². The first-order valence-electron chi connectivity index (χ1n) is 6.49. The molecule has 0 aromatic carbocycles. The van der Waals surface area contributed by atoms with Crippen LogP contribution in [-0.4, -0.2) is 15.8 Å². The lowest BCUT2D eigenvalue weighted by atomic mass is 9.74. The molecule has 1 heterocycles. The van der Waals surface area contributed by atoms with Crippen LogP contribution in [0.15, 0.2) is 18.5 Å². The van der Waals surface area contributed by atoms with Crippen LogP contribution in [0, 0.1) is 5.41 Å². The fourth-order valence-corrected chi connectivity index (χ4v) is 2.68. The summed E-state index contributed by atoms with van der Waals surface area (Å²) in [6, 6.07) is 0.184. The van der Waals surface area contributed by atoms with Crippen LogP contribution >= 0.6 is 0 Å². The standard InChI is InChI=1S/C14H23N3/c1-4-5-17-10-12(9-16-17)11-6-13(15)8-14(2,3)7-11/h6,9-10,13H,4-5,7-8,15H2,1-3H3. The molecule has 0 aliphatic heterocycles. The van der Waals surface area contributed by atoms with E-state index in [4.69, 9.17) is 5.73 Å². The fraction of sp³-hybridized carbons (Fsp3) is 0.643. The average Bonchev–Trinajstić information content (AvgIpc) is 2.63. The van der Waals surface area contributed by atoms with Gasteiger partial charge in [-0.25, -0.2) is 0 Å². The van der Waals surface area contributed by atoms with E-state index >= 15 is 0 Å². The van der Waals surface area contributed by atoms with E-state index in [1.807, 2.05) is 10.9 Å². The molecule has 1 aromatic rings. The van der Waals surface area contributed by atoms with Gasteiger partial charge in [-0.1, -0.05) is 26.8 Å². The van der Waals surface area contributed by atoms with E-state index < -0.39 is 0 Å². The Morgan fingerprint density at radius 3 is 2.94 bits per heavy atom. The zero-order chi connectivity index (χ0) is 12.5. The second-order valence-corrected chi connectivity index (χ2v) is 5.89. The molecule has 0 fully saturated rings. The van der Waals surface area contributed by atoms with E-state index in [2.05, 4.69) is 38.1 Å². The molecule has 3 nitrogen and oxygen atoms in total. The van der Waals surface area contributed by atoms with Gasteiger partial charge in [0.15, 0.2) is 0 Å². The maximum Gasteiger partial charge on any atom is 0.0564 e. The van der Waals surface area contributed by atoms with E-state index in [-0.39, 0.29) is 6.04 Å². The Kier molecular flexibility index (Phi) is 3.38. The average molecular weight is 233 g/mol. The SMILES string of the molecule is CCCn1cc(C2=CC(N)CC(C)(C)C2)cn1. The molecular formula is C14H23N3. The number of aryl methyl sites for hydroxylation is 1. The number of allylic oxidation sites excluding steroid dienone is 1. The smallest absolute Gasteiger partial charge is 0.0564 e. The zero-order valence-electron chi connectivity index (χ0n) is 11.1. The zero-order valence-corrected chi connectivity index (χ0v) is 11.1. The molecular weight excluding hydrogens is 210 g/mol. The van der Waals surface area contributed by atoms with Gasteiger partial charge in [-0.3, -0.25) is 4.68 Å². The van der Waals surface area contributed by atoms with Gasteiger partial charge in [-0.05, 0) is 30.3 Å². The van der Waals surface area contributed by atoms with Crippen molar-refractivity contribution in [2.45, 2.75) is 52.6 Å². The molecule has 3 heteroatoms. The second-order valence-electron chi connectivity index (χ2n) is 5.89. The highest BCUT2D eigenvalue weighted by Crippen LogP contribution is 2.38. The molecule has 2 N–H and O–H groups in total. The van der Waals surface area contributed by atoms with Crippen LogP contribution in [0.3, 0.4) is 0 Å². The lowest BCUT2D eigenvalue weighted by molar-refractivity contribution is 0.319. The van der Waals surface area contributed by atoms with E-state index in [0.717, 1.165) is 25.8 Å². The molecule has 0 amide bonds. The van der Waals surface area contributed by atoms with Crippen molar-refractivity contribution in [3.63, 3.8) is 0 Å². The van der Waals surface area contributed by atoms with Crippen LogP contribution in [0.25, 0.3) is 5.57 Å². The van der Waals surface area contributed by atoms with Crippen molar-refractivity contribution in [2.24, 2.45) is 11.1 Å². The number of hydrogen-bond acceptors (Lipinski definition) is 2. The van der Waals surface area contributed by atoms with Crippen LogP contribution in [0.1, 0.15) is 45.6 Å². The van der Waals surface area contributed by atoms with Gasteiger partial charge in [0.2, 0.25) is 0 Å². The maximum atomic E-state index is 6.10. The summed E-state index contributed by atoms with van der Waals surface area (Å²) in [7, 11) is 0. The van der Waals surface area contributed by atoms with Crippen molar-refractivity contribution in [3.8, 4) is 0 Å². The predicted octanol–water partition coefficient (Wildman–Crippen LogP) is 2.82. The molecule has 17 heavy (non-hydrogen) atoms. The third-order valence-electron chi connectivity index (χ3n) is 3.33. The van der Waals surface area contributed by atoms with Gasteiger partial charge < -0.3 is 5.73 Å². The highest BCUT2D eigenvalue weighted by Gasteiger charge is 2.27. The monoisotopic (exact) mass is 233 g/mol. The Morgan fingerprint density at radius 1 is 1.53 bits per heavy atom. The third-order valence-corrected chi connectivity index (χ3v) is 3.33. The minimum atomic E-state index is 0.184. The van der Waals surface area contributed by atoms with Gasteiger partial charge in [0, 0.05) is 24.3 Å². The van der Waals surface area contributed by atoms with E-state index in [1.54, 1.807) is 0 Å². The van der Waals surface area contributed by atoms with Crippen LogP contribution in [0.5, 0.6) is 0 Å². The first-order chi connectivity index (χ1) is 8.00. The molecule has 1 atom stereocenters. The van der Waals surface area contributed by atoms with Gasteiger partial charge in [-0.2, -0.15) is 5.10 Å². The van der Waals surface area contributed by atoms with E-state index in [1.165, 1.54) is 11.1 Å². The Morgan fingerprint density at radius 2 is 2.29 bits per heavy atom. The summed E-state index contributed by atoms with van der Waals surface area (Å²) < 4.78 is 2.02. The Balaban J connectivity index is 2.20. The lowest BCUT2D eigenvalue weighted by Gasteiger charge is -2.32. The van der Waals surface area contributed by atoms with Crippen molar-refractivity contribution >= 4 is 5.57 Å². The third kappa shape index (κ3) is 2.97. The van der Waals surface area contributed by atoms with Crippen molar-refractivity contribution < 1.29 is 0 Å². The Labute approximate surface area is 104 Å². The maximum absolute atomic E-state index is 6.10. The molecule has 0 spiro atoms. The highest BCUT2D eigenvalue weighted by atomic mass is 15.3. The number of hydrogen-bond donors (Lipinski definition) is 1. The Bertz CT molecular complexity index is 415. The summed E-state index contributed by atoms with van der Waals surface area (Å²) in [6.45, 7) is 7.73. The van der Waals surface area contributed by atoms with Crippen molar-refractivity contribution in [1.82, 2.24) is 9.78 Å². The molecule has 1 aromatic heterocycles. The molecule has 94 valence electrons. The molecule has 1 aliphatic rings. The van der Waals surface area contributed by atoms with Crippen molar-refractivity contribution in [2.75, 3.05) is 0 Å². The van der Waals surface area contributed by atoms with Crippen LogP contribution < -0.4 is 5.73 Å². The summed E-state index contributed by atoms with van der Waals surface area (Å²) in [5.74, 6) is 0. The summed E-state index contributed by atoms with van der Waals surface area (Å²) in [4.78, 5) is 0. The van der Waals surface area contributed by atoms with Crippen molar-refractivity contribution in [3.05, 3.63) is 24.0 Å². The Hall–Kier alpha value is -1.09. The van der Waals surface area contributed by atoms with Crippen molar-refractivity contribution in [1.29, 1.82) is 0 Å². The van der Waals surface area contributed by atoms with E-state index in [9.17, 15) is 0 Å². The van der Waals surface area contributed by atoms with Gasteiger partial charge >= 0.3 is 0 Å². The summed E-state index contributed by atoms with van der Waals surface area (Å²) in [5.41, 5.74) is 9.00. The summed E-state index contributed by atoms with van der Waals surface area (Å²) in [5, 5.41) is 4.39. The molecule has 0 saturated heterocycles. The fourth-order valence-electron chi connectivity index (χ4n) is 2.68. The van der Waals surface area contributed by atoms with Gasteiger partial charge in [0.05, 0.1) is 6.20 Å². The number of aromatic nitrogens is 2. The topological polar surface area (TPSA) is 43.8 Å². The van der Waals surface area contributed by atoms with Gasteiger partial charge in [-0.15, -0.1) is 0 Å². The van der Waals surface area contributed by atoms with Gasteiger partial charge in [0.25, 0.3) is 0 Å². The molecule has 0 bridgehead atoms. The first-order valence-corrected chi connectivity index (χ1v) is 6.49. The normalized spacial score (nSPS) is 23.5. The number of nitrogens with two attached hydrogens (primary N) is 1. The molecule has 1 unspecified atom stereocenters. The minimum absolute atomic E-state index is 0.184. The largest absolute Gasteiger partial charge is 0.324 e. The predicted molar refractivity (Wildman–Crippen MR) is 71.5 cm³/mol. The lowest BCUT2D eigenvalue weighted by Crippen LogP contribution is -2.30. The molecule has 0 saturated carbocycles. The van der Waals surface area contributed by atoms with Gasteiger partial charge in [0.1, 0.15) is 0 Å². The van der Waals surface area contributed by atoms with Crippen LogP contribution in [0.2, 0.25) is 0 Å². The minimum Gasteiger partial charge on any atom is -0.324 e. The number of rotatable bonds is 3.